The van der Waals surface area contributed by atoms with Crippen molar-refractivity contribution in [2.75, 3.05) is 6.61 Å². The number of ether oxygens (including phenoxy) is 1. The second-order valence-corrected chi connectivity index (χ2v) is 6.10. The summed E-state index contributed by atoms with van der Waals surface area (Å²) < 4.78 is 4.94. The van der Waals surface area contributed by atoms with Crippen LogP contribution in [-0.2, 0) is 24.5 Å². The topological polar surface area (TPSA) is 110 Å². The smallest absolute Gasteiger partial charge is 0.394 e. The maximum Gasteiger partial charge on any atom is 0.394 e. The first-order chi connectivity index (χ1) is 11.2. The van der Waals surface area contributed by atoms with E-state index in [0.717, 1.165) is 0 Å². The number of carboxylic acid groups (broad SMARTS) is 1. The Bertz CT molecular complexity index is 731. The van der Waals surface area contributed by atoms with Gasteiger partial charge in [0.2, 0.25) is 0 Å². The first kappa shape index (κ1) is 17.9. The van der Waals surface area contributed by atoms with Gasteiger partial charge in [0.05, 0.1) is 13.0 Å². The summed E-state index contributed by atoms with van der Waals surface area (Å²) in [7, 11) is 0. The van der Waals surface area contributed by atoms with Crippen molar-refractivity contribution in [1.29, 1.82) is 0 Å². The fourth-order valence-electron chi connectivity index (χ4n) is 2.95. The van der Waals surface area contributed by atoms with Crippen LogP contribution in [0, 0.1) is 0 Å². The van der Waals surface area contributed by atoms with Crippen molar-refractivity contribution in [3.63, 3.8) is 0 Å². The van der Waals surface area contributed by atoms with E-state index in [1.165, 1.54) is 6.07 Å². The summed E-state index contributed by atoms with van der Waals surface area (Å²) in [6, 6.07) is 3.41. The first-order valence-electron chi connectivity index (χ1n) is 7.24. The Morgan fingerprint density at radius 1 is 1.38 bits per heavy atom. The number of aliphatic carboxylic acids is 1. The van der Waals surface area contributed by atoms with E-state index in [4.69, 9.17) is 21.4 Å². The van der Waals surface area contributed by atoms with Gasteiger partial charge in [-0.1, -0.05) is 24.6 Å². The van der Waals surface area contributed by atoms with E-state index in [1.807, 2.05) is 0 Å². The largest absolute Gasteiger partial charge is 0.474 e. The quantitative estimate of drug-likeness (QED) is 0.624. The van der Waals surface area contributed by atoms with Crippen LogP contribution in [0.3, 0.4) is 0 Å². The maximum absolute atomic E-state index is 12.6. The number of esters is 1. The minimum Gasteiger partial charge on any atom is -0.474 e. The highest BCUT2D eigenvalue weighted by molar-refractivity contribution is 6.33. The molecule has 0 heterocycles. The summed E-state index contributed by atoms with van der Waals surface area (Å²) in [6.07, 6.45) is -0.189. The lowest BCUT2D eigenvalue weighted by atomic mass is 9.77. The summed E-state index contributed by atoms with van der Waals surface area (Å²) in [5.41, 5.74) is -0.361. The number of carbonyl (C=O) groups is 4. The average molecular weight is 354 g/mol. The van der Waals surface area contributed by atoms with Crippen molar-refractivity contribution in [3.05, 3.63) is 34.3 Å². The number of Topliss-reactive ketones (excluding diaryl/α,β-unsaturated/α-hetero) is 1. The molecule has 8 heteroatoms. The van der Waals surface area contributed by atoms with Crippen LogP contribution in [0.25, 0.3) is 0 Å². The molecule has 0 saturated heterocycles. The Morgan fingerprint density at radius 2 is 2.04 bits per heavy atom. The van der Waals surface area contributed by atoms with Gasteiger partial charge in [-0.2, -0.15) is 0 Å². The number of carbonyl (C=O) groups excluding carboxylic acids is 3. The van der Waals surface area contributed by atoms with Crippen LogP contribution < -0.4 is 5.32 Å². The van der Waals surface area contributed by atoms with Gasteiger partial charge in [0.1, 0.15) is 6.04 Å². The van der Waals surface area contributed by atoms with E-state index in [-0.39, 0.29) is 18.6 Å². The zero-order chi connectivity index (χ0) is 18.1. The highest BCUT2D eigenvalue weighted by Crippen LogP contribution is 2.42. The van der Waals surface area contributed by atoms with E-state index in [1.54, 1.807) is 26.0 Å². The van der Waals surface area contributed by atoms with Crippen LogP contribution in [-0.4, -0.2) is 41.4 Å². The lowest BCUT2D eigenvalue weighted by Crippen LogP contribution is -2.52. The molecule has 2 atom stereocenters. The number of hydrogen-bond acceptors (Lipinski definition) is 5. The molecule has 1 amide bonds. The standard InChI is InChI=1S/C16H16ClNO6/c1-3-24-11(19)7-16(2)10-5-4-8(17)6-9(10)12(20)13(16)18-14(21)15(22)23/h4-6,13H,3,7H2,1-2H3,(H,18,21)(H,22,23). The van der Waals surface area contributed by atoms with E-state index < -0.39 is 35.1 Å². The molecular formula is C16H16ClNO6. The number of benzene rings is 1. The maximum atomic E-state index is 12.6. The Balaban J connectivity index is 2.48. The van der Waals surface area contributed by atoms with E-state index in [9.17, 15) is 19.2 Å². The zero-order valence-corrected chi connectivity index (χ0v) is 13.8. The molecule has 2 N–H and O–H groups in total. The summed E-state index contributed by atoms with van der Waals surface area (Å²) in [4.78, 5) is 47.0. The van der Waals surface area contributed by atoms with Crippen LogP contribution in [0.4, 0.5) is 0 Å². The highest BCUT2D eigenvalue weighted by atomic mass is 35.5. The number of hydrogen-bond donors (Lipinski definition) is 2. The molecular weight excluding hydrogens is 338 g/mol. The molecule has 0 aromatic heterocycles. The second kappa shape index (κ2) is 6.60. The minimum absolute atomic E-state index is 0.169. The molecule has 0 aliphatic heterocycles. The molecule has 0 fully saturated rings. The van der Waals surface area contributed by atoms with Crippen molar-refractivity contribution in [1.82, 2.24) is 5.32 Å². The zero-order valence-electron chi connectivity index (χ0n) is 13.1. The lowest BCUT2D eigenvalue weighted by Gasteiger charge is -2.30. The molecule has 1 aliphatic carbocycles. The molecule has 2 unspecified atom stereocenters. The Hall–Kier alpha value is -2.41. The molecule has 7 nitrogen and oxygen atoms in total. The third kappa shape index (κ3) is 3.12. The molecule has 24 heavy (non-hydrogen) atoms. The Kier molecular flexibility index (Phi) is 4.94. The van der Waals surface area contributed by atoms with E-state index in [2.05, 4.69) is 5.32 Å². The molecule has 1 aromatic rings. The molecule has 128 valence electrons. The number of fused-ring (bicyclic) bond motifs is 1. The van der Waals surface area contributed by atoms with Gasteiger partial charge in [0.15, 0.2) is 5.78 Å². The number of ketones is 1. The van der Waals surface area contributed by atoms with E-state index >= 15 is 0 Å². The predicted octanol–water partition coefficient (Wildman–Crippen LogP) is 1.32. The van der Waals surface area contributed by atoms with Crippen molar-refractivity contribution in [2.45, 2.75) is 31.7 Å². The molecule has 0 radical (unpaired) electrons. The average Bonchev–Trinajstić information content (AvgIpc) is 2.68. The molecule has 1 aromatic carbocycles. The van der Waals surface area contributed by atoms with Crippen LogP contribution >= 0.6 is 11.6 Å². The van der Waals surface area contributed by atoms with Gasteiger partial charge in [-0.3, -0.25) is 14.4 Å². The molecule has 0 bridgehead atoms. The van der Waals surface area contributed by atoms with E-state index in [0.29, 0.717) is 10.6 Å². The van der Waals surface area contributed by atoms with Gasteiger partial charge < -0.3 is 15.2 Å². The number of rotatable bonds is 4. The van der Waals surface area contributed by atoms with Gasteiger partial charge in [0.25, 0.3) is 0 Å². The Labute approximate surface area is 142 Å². The molecule has 0 saturated carbocycles. The fraction of sp³-hybridized carbons (Fsp3) is 0.375. The van der Waals surface area contributed by atoms with Crippen molar-refractivity contribution < 1.29 is 29.0 Å². The highest BCUT2D eigenvalue weighted by Gasteiger charge is 2.51. The second-order valence-electron chi connectivity index (χ2n) is 5.67. The number of halogens is 1. The van der Waals surface area contributed by atoms with Gasteiger partial charge >= 0.3 is 17.8 Å². The van der Waals surface area contributed by atoms with Crippen LogP contribution in [0.5, 0.6) is 0 Å². The summed E-state index contributed by atoms with van der Waals surface area (Å²) in [5, 5.41) is 11.3. The fourth-order valence-corrected chi connectivity index (χ4v) is 3.12. The van der Waals surface area contributed by atoms with Crippen molar-refractivity contribution >= 4 is 35.2 Å². The van der Waals surface area contributed by atoms with Crippen LogP contribution in [0.15, 0.2) is 18.2 Å². The number of nitrogens with one attached hydrogen (secondary N) is 1. The van der Waals surface area contributed by atoms with Crippen molar-refractivity contribution in [3.8, 4) is 0 Å². The SMILES string of the molecule is CCOC(=O)CC1(C)c2ccc(Cl)cc2C(=O)C1NC(=O)C(=O)O. The number of carboxylic acids is 1. The molecule has 1 aliphatic rings. The van der Waals surface area contributed by atoms with Gasteiger partial charge in [-0.15, -0.1) is 0 Å². The summed E-state index contributed by atoms with van der Waals surface area (Å²) >= 11 is 5.92. The summed E-state index contributed by atoms with van der Waals surface area (Å²) in [5.74, 6) is -4.07. The normalized spacial score (nSPS) is 22.0. The Morgan fingerprint density at radius 3 is 2.62 bits per heavy atom. The van der Waals surface area contributed by atoms with Crippen LogP contribution in [0.2, 0.25) is 5.02 Å². The van der Waals surface area contributed by atoms with Crippen molar-refractivity contribution in [2.24, 2.45) is 0 Å². The third-order valence-electron chi connectivity index (χ3n) is 4.05. The van der Waals surface area contributed by atoms with Gasteiger partial charge in [0, 0.05) is 16.0 Å². The predicted molar refractivity (Wildman–Crippen MR) is 84.0 cm³/mol. The van der Waals surface area contributed by atoms with Crippen LogP contribution in [0.1, 0.15) is 36.2 Å². The molecule has 2 rings (SSSR count). The summed E-state index contributed by atoms with van der Waals surface area (Å²) in [6.45, 7) is 3.42. The van der Waals surface area contributed by atoms with Gasteiger partial charge in [-0.25, -0.2) is 4.79 Å². The lowest BCUT2D eigenvalue weighted by molar-refractivity contribution is -0.150. The first-order valence-corrected chi connectivity index (χ1v) is 7.62. The third-order valence-corrected chi connectivity index (χ3v) is 4.28. The monoisotopic (exact) mass is 353 g/mol. The van der Waals surface area contributed by atoms with Gasteiger partial charge in [-0.05, 0) is 24.6 Å². The number of amides is 1. The molecule has 0 spiro atoms. The minimum atomic E-state index is -1.71.